The summed E-state index contributed by atoms with van der Waals surface area (Å²) in [7, 11) is 0. The van der Waals surface area contributed by atoms with E-state index in [0.29, 0.717) is 6.54 Å². The highest BCUT2D eigenvalue weighted by Crippen LogP contribution is 2.41. The molecule has 5 heteroatoms. The maximum atomic E-state index is 5.74. The second kappa shape index (κ2) is 5.03. The van der Waals surface area contributed by atoms with Crippen LogP contribution in [0, 0.1) is 0 Å². The first-order chi connectivity index (χ1) is 7.76. The number of hydrogen-bond donors (Lipinski definition) is 2. The zero-order chi connectivity index (χ0) is 11.5. The fourth-order valence-electron chi connectivity index (χ4n) is 1.77. The van der Waals surface area contributed by atoms with Crippen LogP contribution in [0.1, 0.15) is 18.5 Å². The highest BCUT2D eigenvalue weighted by molar-refractivity contribution is 9.10. The third kappa shape index (κ3) is 2.16. The average molecular weight is 287 g/mol. The maximum absolute atomic E-state index is 5.74. The first kappa shape index (κ1) is 11.7. The summed E-state index contributed by atoms with van der Waals surface area (Å²) in [5, 5.41) is 3.32. The van der Waals surface area contributed by atoms with E-state index < -0.39 is 0 Å². The number of rotatable bonds is 4. The number of nitrogens with two attached hydrogens (primary N) is 1. The van der Waals surface area contributed by atoms with E-state index in [9.17, 15) is 0 Å². The maximum Gasteiger partial charge on any atom is 0.231 e. The second-order valence-electron chi connectivity index (χ2n) is 3.58. The van der Waals surface area contributed by atoms with Gasteiger partial charge in [0.2, 0.25) is 6.79 Å². The Morgan fingerprint density at radius 3 is 3.00 bits per heavy atom. The molecule has 1 aromatic rings. The van der Waals surface area contributed by atoms with Crippen molar-refractivity contribution in [2.75, 3.05) is 19.9 Å². The number of likely N-dealkylation sites (N-methyl/N-ethyl adjacent to an activating group) is 1. The van der Waals surface area contributed by atoms with Crippen LogP contribution in [0.15, 0.2) is 16.6 Å². The van der Waals surface area contributed by atoms with Gasteiger partial charge in [0.25, 0.3) is 0 Å². The van der Waals surface area contributed by atoms with E-state index in [0.717, 1.165) is 28.1 Å². The van der Waals surface area contributed by atoms with E-state index in [1.165, 1.54) is 0 Å². The zero-order valence-electron chi connectivity index (χ0n) is 9.13. The molecule has 1 heterocycles. The van der Waals surface area contributed by atoms with Crippen molar-refractivity contribution in [3.63, 3.8) is 0 Å². The van der Waals surface area contributed by atoms with E-state index in [-0.39, 0.29) is 12.8 Å². The van der Waals surface area contributed by atoms with Gasteiger partial charge in [0.1, 0.15) is 0 Å². The third-order valence-corrected chi connectivity index (χ3v) is 3.13. The molecule has 1 aliphatic rings. The van der Waals surface area contributed by atoms with Crippen LogP contribution in [0.2, 0.25) is 0 Å². The van der Waals surface area contributed by atoms with Crippen molar-refractivity contribution in [3.05, 3.63) is 22.2 Å². The molecule has 0 aliphatic carbocycles. The van der Waals surface area contributed by atoms with Crippen molar-refractivity contribution in [1.82, 2.24) is 5.32 Å². The molecule has 0 fully saturated rings. The molecule has 88 valence electrons. The molecule has 4 nitrogen and oxygen atoms in total. The highest BCUT2D eigenvalue weighted by Gasteiger charge is 2.20. The minimum atomic E-state index is 0.149. The van der Waals surface area contributed by atoms with Gasteiger partial charge in [-0.2, -0.15) is 0 Å². The fraction of sp³-hybridized carbons (Fsp3) is 0.455. The average Bonchev–Trinajstić information content (AvgIpc) is 2.74. The smallest absolute Gasteiger partial charge is 0.231 e. The van der Waals surface area contributed by atoms with Crippen LogP contribution in [-0.2, 0) is 0 Å². The molecule has 1 unspecified atom stereocenters. The molecule has 0 bridgehead atoms. The summed E-state index contributed by atoms with van der Waals surface area (Å²) >= 11 is 3.47. The molecule has 3 N–H and O–H groups in total. The number of halogens is 1. The van der Waals surface area contributed by atoms with Crippen molar-refractivity contribution < 1.29 is 9.47 Å². The van der Waals surface area contributed by atoms with Crippen molar-refractivity contribution in [1.29, 1.82) is 0 Å². The fourth-order valence-corrected chi connectivity index (χ4v) is 2.35. The van der Waals surface area contributed by atoms with Gasteiger partial charge in [0, 0.05) is 12.6 Å². The minimum absolute atomic E-state index is 0.149. The Morgan fingerprint density at radius 2 is 2.31 bits per heavy atom. The van der Waals surface area contributed by atoms with Gasteiger partial charge in [0.05, 0.1) is 4.47 Å². The van der Waals surface area contributed by atoms with E-state index >= 15 is 0 Å². The van der Waals surface area contributed by atoms with Gasteiger partial charge >= 0.3 is 0 Å². The van der Waals surface area contributed by atoms with Crippen LogP contribution >= 0.6 is 15.9 Å². The van der Waals surface area contributed by atoms with E-state index in [4.69, 9.17) is 15.2 Å². The molecule has 1 atom stereocenters. The van der Waals surface area contributed by atoms with E-state index in [1.807, 2.05) is 12.1 Å². The van der Waals surface area contributed by atoms with Crippen LogP contribution < -0.4 is 20.5 Å². The predicted octanol–water partition coefficient (Wildman–Crippen LogP) is 1.79. The molecule has 16 heavy (non-hydrogen) atoms. The Morgan fingerprint density at radius 1 is 1.50 bits per heavy atom. The molecule has 0 spiro atoms. The number of fused-ring (bicyclic) bond motifs is 1. The first-order valence-electron chi connectivity index (χ1n) is 5.28. The van der Waals surface area contributed by atoms with Gasteiger partial charge in [-0.25, -0.2) is 0 Å². The van der Waals surface area contributed by atoms with Crippen molar-refractivity contribution >= 4 is 15.9 Å². The third-order valence-electron chi connectivity index (χ3n) is 2.54. The summed E-state index contributed by atoms with van der Waals surface area (Å²) in [4.78, 5) is 0. The Balaban J connectivity index is 2.31. The predicted molar refractivity (Wildman–Crippen MR) is 65.7 cm³/mol. The van der Waals surface area contributed by atoms with Gasteiger partial charge in [0.15, 0.2) is 11.5 Å². The summed E-state index contributed by atoms with van der Waals surface area (Å²) < 4.78 is 11.6. The lowest BCUT2D eigenvalue weighted by molar-refractivity contribution is 0.173. The van der Waals surface area contributed by atoms with Crippen LogP contribution in [0.4, 0.5) is 0 Å². The Labute approximate surface area is 103 Å². The Kier molecular flexibility index (Phi) is 3.68. The minimum Gasteiger partial charge on any atom is -0.454 e. The first-order valence-corrected chi connectivity index (χ1v) is 6.08. The quantitative estimate of drug-likeness (QED) is 0.886. The molecule has 0 aromatic heterocycles. The number of benzene rings is 1. The zero-order valence-corrected chi connectivity index (χ0v) is 10.7. The van der Waals surface area contributed by atoms with E-state index in [2.05, 4.69) is 28.2 Å². The molecule has 1 aliphatic heterocycles. The topological polar surface area (TPSA) is 56.5 Å². The largest absolute Gasteiger partial charge is 0.454 e. The van der Waals surface area contributed by atoms with Crippen LogP contribution in [0.25, 0.3) is 0 Å². The molecule has 0 amide bonds. The summed E-state index contributed by atoms with van der Waals surface area (Å²) in [6, 6.07) is 4.15. The molecule has 2 rings (SSSR count). The van der Waals surface area contributed by atoms with Gasteiger partial charge in [-0.15, -0.1) is 0 Å². The summed E-state index contributed by atoms with van der Waals surface area (Å²) in [5.74, 6) is 1.55. The molecule has 0 radical (unpaired) electrons. The van der Waals surface area contributed by atoms with Crippen molar-refractivity contribution in [2.45, 2.75) is 13.0 Å². The Hall–Kier alpha value is -0.780. The number of nitrogens with one attached hydrogen (secondary N) is 1. The van der Waals surface area contributed by atoms with Gasteiger partial charge < -0.3 is 20.5 Å². The standard InChI is InChI=1S/C11H15BrN2O2/c1-2-14-9(5-13)7-3-8(12)11-10(4-7)15-6-16-11/h3-4,9,14H,2,5-6,13H2,1H3. The van der Waals surface area contributed by atoms with Gasteiger partial charge in [-0.1, -0.05) is 6.92 Å². The summed E-state index contributed by atoms with van der Waals surface area (Å²) in [6.07, 6.45) is 0. The van der Waals surface area contributed by atoms with Gasteiger partial charge in [-0.3, -0.25) is 0 Å². The monoisotopic (exact) mass is 286 g/mol. The van der Waals surface area contributed by atoms with Crippen LogP contribution in [0.3, 0.4) is 0 Å². The lowest BCUT2D eigenvalue weighted by Gasteiger charge is -2.17. The van der Waals surface area contributed by atoms with E-state index in [1.54, 1.807) is 0 Å². The van der Waals surface area contributed by atoms with Gasteiger partial charge in [-0.05, 0) is 40.2 Å². The molecule has 0 saturated heterocycles. The summed E-state index contributed by atoms with van der Waals surface area (Å²) in [6.45, 7) is 3.78. The Bertz CT molecular complexity index is 384. The summed E-state index contributed by atoms with van der Waals surface area (Å²) in [5.41, 5.74) is 6.85. The molecular weight excluding hydrogens is 272 g/mol. The van der Waals surface area contributed by atoms with Crippen molar-refractivity contribution in [3.8, 4) is 11.5 Å². The number of ether oxygens (including phenoxy) is 2. The lowest BCUT2D eigenvalue weighted by Crippen LogP contribution is -2.27. The van der Waals surface area contributed by atoms with Crippen LogP contribution in [0.5, 0.6) is 11.5 Å². The molecule has 0 saturated carbocycles. The SMILES string of the molecule is CCNC(CN)c1cc(Br)c2c(c1)OCO2. The highest BCUT2D eigenvalue weighted by atomic mass is 79.9. The normalized spacial score (nSPS) is 15.2. The lowest BCUT2D eigenvalue weighted by atomic mass is 10.1. The molecule has 1 aromatic carbocycles. The van der Waals surface area contributed by atoms with Crippen LogP contribution in [-0.4, -0.2) is 19.9 Å². The number of hydrogen-bond acceptors (Lipinski definition) is 4. The second-order valence-corrected chi connectivity index (χ2v) is 4.44. The molecular formula is C11H15BrN2O2. The van der Waals surface area contributed by atoms with Crippen molar-refractivity contribution in [2.24, 2.45) is 5.73 Å².